The maximum atomic E-state index is 6.16. The number of hydrogen-bond acceptors (Lipinski definition) is 2. The van der Waals surface area contributed by atoms with Crippen LogP contribution in [0, 0.1) is 5.41 Å². The van der Waals surface area contributed by atoms with Gasteiger partial charge in [0, 0.05) is 18.7 Å². The summed E-state index contributed by atoms with van der Waals surface area (Å²) in [4.78, 5) is 4.37. The van der Waals surface area contributed by atoms with Gasteiger partial charge in [0.2, 0.25) is 0 Å². The number of rotatable bonds is 5. The van der Waals surface area contributed by atoms with Crippen LogP contribution in [-0.4, -0.2) is 17.6 Å². The molecule has 0 amide bonds. The molecule has 0 radical (unpaired) electrons. The molecule has 1 atom stereocenters. The molecule has 96 valence electrons. The van der Waals surface area contributed by atoms with Crippen molar-refractivity contribution in [2.24, 2.45) is 5.41 Å². The lowest BCUT2D eigenvalue weighted by Crippen LogP contribution is -2.42. The van der Waals surface area contributed by atoms with Crippen LogP contribution in [0.4, 0.5) is 0 Å². The molecule has 1 N–H and O–H groups in total. The van der Waals surface area contributed by atoms with Gasteiger partial charge in [0.25, 0.3) is 0 Å². The van der Waals surface area contributed by atoms with E-state index < -0.39 is 0 Å². The summed E-state index contributed by atoms with van der Waals surface area (Å²) in [5, 5.41) is 4.35. The Kier molecular flexibility index (Phi) is 5.41. The van der Waals surface area contributed by atoms with Gasteiger partial charge in [0.1, 0.15) is 0 Å². The number of hydrogen-bond donors (Lipinski definition) is 1. The first-order valence-electron chi connectivity index (χ1n) is 6.28. The van der Waals surface area contributed by atoms with Gasteiger partial charge in [-0.25, -0.2) is 0 Å². The second-order valence-electron chi connectivity index (χ2n) is 5.51. The molecule has 1 aromatic rings. The van der Waals surface area contributed by atoms with E-state index in [0.717, 1.165) is 30.1 Å². The van der Waals surface area contributed by atoms with Gasteiger partial charge in [-0.2, -0.15) is 0 Å². The van der Waals surface area contributed by atoms with Crippen molar-refractivity contribution in [1.29, 1.82) is 0 Å². The lowest BCUT2D eigenvalue weighted by molar-refractivity contribution is 0.265. The van der Waals surface area contributed by atoms with Crippen LogP contribution in [0.2, 0.25) is 5.02 Å². The highest BCUT2D eigenvalue weighted by atomic mass is 35.5. The van der Waals surface area contributed by atoms with E-state index in [0.29, 0.717) is 6.04 Å². The number of pyridine rings is 1. The molecular weight excluding hydrogens is 232 g/mol. The SMILES string of the molecule is CCCNC(Cc1ncccc1Cl)C(C)(C)C. The van der Waals surface area contributed by atoms with E-state index in [-0.39, 0.29) is 5.41 Å². The topological polar surface area (TPSA) is 24.9 Å². The molecule has 0 aliphatic carbocycles. The first-order chi connectivity index (χ1) is 7.95. The molecule has 0 aliphatic heterocycles. The van der Waals surface area contributed by atoms with Gasteiger partial charge in [0.05, 0.1) is 10.7 Å². The second-order valence-corrected chi connectivity index (χ2v) is 5.92. The monoisotopic (exact) mass is 254 g/mol. The summed E-state index contributed by atoms with van der Waals surface area (Å²) in [5.41, 5.74) is 1.19. The van der Waals surface area contributed by atoms with E-state index in [1.54, 1.807) is 6.20 Å². The predicted molar refractivity (Wildman–Crippen MR) is 74.5 cm³/mol. The normalized spacial score (nSPS) is 13.7. The van der Waals surface area contributed by atoms with Crippen LogP contribution in [0.5, 0.6) is 0 Å². The molecule has 1 heterocycles. The molecular formula is C14H23ClN2. The standard InChI is InChI=1S/C14H23ClN2/c1-5-8-17-13(14(2,3)4)10-12-11(15)7-6-9-16-12/h6-7,9,13,17H,5,8,10H2,1-4H3. The van der Waals surface area contributed by atoms with E-state index in [4.69, 9.17) is 11.6 Å². The predicted octanol–water partition coefficient (Wildman–Crippen LogP) is 3.69. The molecule has 1 aromatic heterocycles. The maximum absolute atomic E-state index is 6.16. The van der Waals surface area contributed by atoms with Gasteiger partial charge in [0.15, 0.2) is 0 Å². The highest BCUT2D eigenvalue weighted by molar-refractivity contribution is 6.31. The summed E-state index contributed by atoms with van der Waals surface area (Å²) < 4.78 is 0. The molecule has 0 saturated heterocycles. The Morgan fingerprint density at radius 3 is 2.65 bits per heavy atom. The second kappa shape index (κ2) is 6.36. The van der Waals surface area contributed by atoms with E-state index >= 15 is 0 Å². The molecule has 0 spiro atoms. The Labute approximate surface area is 110 Å². The van der Waals surface area contributed by atoms with Crippen molar-refractivity contribution in [3.05, 3.63) is 29.0 Å². The van der Waals surface area contributed by atoms with Gasteiger partial charge in [-0.05, 0) is 30.5 Å². The Hall–Kier alpha value is -0.600. The minimum atomic E-state index is 0.204. The quantitative estimate of drug-likeness (QED) is 0.867. The summed E-state index contributed by atoms with van der Waals surface area (Å²) in [5.74, 6) is 0. The molecule has 1 rings (SSSR count). The van der Waals surface area contributed by atoms with Crippen molar-refractivity contribution in [3.8, 4) is 0 Å². The van der Waals surface area contributed by atoms with E-state index in [1.807, 2.05) is 12.1 Å². The van der Waals surface area contributed by atoms with Gasteiger partial charge >= 0.3 is 0 Å². The fraction of sp³-hybridized carbons (Fsp3) is 0.643. The minimum absolute atomic E-state index is 0.204. The summed E-state index contributed by atoms with van der Waals surface area (Å²) >= 11 is 6.16. The molecule has 2 nitrogen and oxygen atoms in total. The molecule has 0 bridgehead atoms. The Morgan fingerprint density at radius 2 is 2.12 bits per heavy atom. The first-order valence-corrected chi connectivity index (χ1v) is 6.65. The number of nitrogens with one attached hydrogen (secondary N) is 1. The third-order valence-electron chi connectivity index (χ3n) is 2.92. The summed E-state index contributed by atoms with van der Waals surface area (Å²) in [6.07, 6.45) is 3.83. The van der Waals surface area contributed by atoms with Crippen LogP contribution >= 0.6 is 11.6 Å². The van der Waals surface area contributed by atoms with Crippen LogP contribution in [0.25, 0.3) is 0 Å². The zero-order chi connectivity index (χ0) is 12.9. The Balaban J connectivity index is 2.76. The van der Waals surface area contributed by atoms with Gasteiger partial charge in [-0.15, -0.1) is 0 Å². The van der Waals surface area contributed by atoms with Gasteiger partial charge in [-0.1, -0.05) is 39.3 Å². The number of nitrogens with zero attached hydrogens (tertiary/aromatic N) is 1. The zero-order valence-corrected chi connectivity index (χ0v) is 12.0. The van der Waals surface area contributed by atoms with Gasteiger partial charge < -0.3 is 5.32 Å². The molecule has 1 unspecified atom stereocenters. The highest BCUT2D eigenvalue weighted by Gasteiger charge is 2.25. The summed E-state index contributed by atoms with van der Waals surface area (Å²) in [6.45, 7) is 9.96. The Morgan fingerprint density at radius 1 is 1.41 bits per heavy atom. The van der Waals surface area contributed by atoms with Crippen LogP contribution in [0.1, 0.15) is 39.8 Å². The average Bonchev–Trinajstić information content (AvgIpc) is 2.25. The largest absolute Gasteiger partial charge is 0.313 e. The maximum Gasteiger partial charge on any atom is 0.0622 e. The average molecular weight is 255 g/mol. The molecule has 17 heavy (non-hydrogen) atoms. The first kappa shape index (κ1) is 14.5. The van der Waals surface area contributed by atoms with Crippen molar-refractivity contribution in [2.45, 2.75) is 46.6 Å². The van der Waals surface area contributed by atoms with Crippen molar-refractivity contribution in [3.63, 3.8) is 0 Å². The van der Waals surface area contributed by atoms with Crippen molar-refractivity contribution in [1.82, 2.24) is 10.3 Å². The van der Waals surface area contributed by atoms with E-state index in [2.05, 4.69) is 38.0 Å². The Bertz CT molecular complexity index is 344. The van der Waals surface area contributed by atoms with Gasteiger partial charge in [-0.3, -0.25) is 4.98 Å². The lowest BCUT2D eigenvalue weighted by atomic mass is 9.84. The molecule has 0 fully saturated rings. The number of halogens is 1. The number of aromatic nitrogens is 1. The molecule has 0 saturated carbocycles. The highest BCUT2D eigenvalue weighted by Crippen LogP contribution is 2.24. The van der Waals surface area contributed by atoms with Crippen molar-refractivity contribution >= 4 is 11.6 Å². The molecule has 3 heteroatoms. The summed E-state index contributed by atoms with van der Waals surface area (Å²) in [7, 11) is 0. The van der Waals surface area contributed by atoms with Crippen molar-refractivity contribution < 1.29 is 0 Å². The van der Waals surface area contributed by atoms with Crippen LogP contribution in [-0.2, 0) is 6.42 Å². The third kappa shape index (κ3) is 4.64. The minimum Gasteiger partial charge on any atom is -0.313 e. The lowest BCUT2D eigenvalue weighted by Gasteiger charge is -2.31. The van der Waals surface area contributed by atoms with E-state index in [9.17, 15) is 0 Å². The fourth-order valence-electron chi connectivity index (χ4n) is 1.77. The van der Waals surface area contributed by atoms with E-state index in [1.165, 1.54) is 0 Å². The molecule has 0 aliphatic rings. The van der Waals surface area contributed by atoms with Crippen LogP contribution < -0.4 is 5.32 Å². The fourth-order valence-corrected chi connectivity index (χ4v) is 1.96. The summed E-state index contributed by atoms with van der Waals surface area (Å²) in [6, 6.07) is 4.18. The third-order valence-corrected chi connectivity index (χ3v) is 3.26. The molecule has 0 aromatic carbocycles. The van der Waals surface area contributed by atoms with Crippen LogP contribution in [0.15, 0.2) is 18.3 Å². The van der Waals surface area contributed by atoms with Crippen LogP contribution in [0.3, 0.4) is 0 Å². The zero-order valence-electron chi connectivity index (χ0n) is 11.3. The smallest absolute Gasteiger partial charge is 0.0622 e. The van der Waals surface area contributed by atoms with Crippen molar-refractivity contribution in [2.75, 3.05) is 6.54 Å².